The molecular formula is C22H21N5O2. The van der Waals surface area contributed by atoms with Crippen molar-refractivity contribution in [3.8, 4) is 0 Å². The molecule has 0 radical (unpaired) electrons. The van der Waals surface area contributed by atoms with Gasteiger partial charge in [0.15, 0.2) is 0 Å². The van der Waals surface area contributed by atoms with Gasteiger partial charge in [0.25, 0.3) is 5.56 Å². The highest BCUT2D eigenvalue weighted by atomic mass is 16.2. The first-order valence-corrected chi connectivity index (χ1v) is 9.86. The molecule has 0 bridgehead atoms. The van der Waals surface area contributed by atoms with Gasteiger partial charge in [-0.1, -0.05) is 30.3 Å². The van der Waals surface area contributed by atoms with E-state index in [1.807, 2.05) is 54.3 Å². The third kappa shape index (κ3) is 2.90. The van der Waals surface area contributed by atoms with Crippen molar-refractivity contribution in [2.45, 2.75) is 31.7 Å². The van der Waals surface area contributed by atoms with Gasteiger partial charge in [0.05, 0.1) is 34.1 Å². The Kier molecular flexibility index (Phi) is 4.16. The van der Waals surface area contributed by atoms with Crippen LogP contribution in [0.15, 0.2) is 53.3 Å². The normalized spacial score (nSPS) is 17.8. The van der Waals surface area contributed by atoms with Gasteiger partial charge in [0.1, 0.15) is 5.82 Å². The molecule has 29 heavy (non-hydrogen) atoms. The smallest absolute Gasteiger partial charge is 0.272 e. The van der Waals surface area contributed by atoms with Crippen LogP contribution in [0.3, 0.4) is 0 Å². The number of aromatic nitrogens is 4. The Morgan fingerprint density at radius 2 is 1.90 bits per heavy atom. The summed E-state index contributed by atoms with van der Waals surface area (Å²) in [6.45, 7) is 2.54. The van der Waals surface area contributed by atoms with E-state index in [2.05, 4.69) is 15.2 Å². The number of hydrogen-bond acceptors (Lipinski definition) is 4. The maximum absolute atomic E-state index is 13.4. The summed E-state index contributed by atoms with van der Waals surface area (Å²) in [6, 6.07) is 15.1. The average Bonchev–Trinajstić information content (AvgIpc) is 3.40. The van der Waals surface area contributed by atoms with Crippen LogP contribution in [0, 0.1) is 0 Å². The number of carbonyl (C=O) groups excluding carboxylic acids is 1. The summed E-state index contributed by atoms with van der Waals surface area (Å²) in [5.41, 5.74) is 2.23. The van der Waals surface area contributed by atoms with E-state index in [1.165, 1.54) is 0 Å². The Morgan fingerprint density at radius 1 is 1.14 bits per heavy atom. The molecule has 2 atom stereocenters. The predicted molar refractivity (Wildman–Crippen MR) is 111 cm³/mol. The Balaban J connectivity index is 1.49. The molecule has 0 saturated carbocycles. The van der Waals surface area contributed by atoms with Crippen molar-refractivity contribution in [1.82, 2.24) is 25.1 Å². The number of H-pyrrole nitrogens is 2. The number of para-hydroxylation sites is 2. The summed E-state index contributed by atoms with van der Waals surface area (Å²) in [5.74, 6) is 0.350. The lowest BCUT2D eigenvalue weighted by Crippen LogP contribution is -2.35. The molecule has 1 amide bonds. The molecule has 4 aromatic rings. The van der Waals surface area contributed by atoms with Gasteiger partial charge < -0.3 is 9.88 Å². The SMILES string of the molecule is C[C@H](C(=O)N1CCC[C@@H]1c1nc2ccccc2[nH]1)c1n[nH]c(=O)c2ccccc12. The second-order valence-corrected chi connectivity index (χ2v) is 7.53. The quantitative estimate of drug-likeness (QED) is 0.564. The van der Waals surface area contributed by atoms with E-state index in [4.69, 9.17) is 4.98 Å². The van der Waals surface area contributed by atoms with Crippen molar-refractivity contribution in [3.05, 3.63) is 70.4 Å². The number of carbonyl (C=O) groups is 1. The number of rotatable bonds is 3. The van der Waals surface area contributed by atoms with Crippen LogP contribution in [0.5, 0.6) is 0 Å². The van der Waals surface area contributed by atoms with Crippen LogP contribution >= 0.6 is 0 Å². The number of nitrogens with zero attached hydrogens (tertiary/aromatic N) is 3. The van der Waals surface area contributed by atoms with Crippen LogP contribution in [0.1, 0.15) is 43.2 Å². The minimum atomic E-state index is -0.471. The molecule has 7 nitrogen and oxygen atoms in total. The van der Waals surface area contributed by atoms with Gasteiger partial charge >= 0.3 is 0 Å². The van der Waals surface area contributed by atoms with E-state index in [1.54, 1.807) is 6.07 Å². The molecule has 0 unspecified atom stereocenters. The summed E-state index contributed by atoms with van der Waals surface area (Å²) in [4.78, 5) is 35.5. The van der Waals surface area contributed by atoms with Crippen LogP contribution in [-0.4, -0.2) is 37.5 Å². The van der Waals surface area contributed by atoms with Crippen molar-refractivity contribution >= 4 is 27.7 Å². The Bertz CT molecular complexity index is 1240. The van der Waals surface area contributed by atoms with Gasteiger partial charge in [0.2, 0.25) is 5.91 Å². The third-order valence-corrected chi connectivity index (χ3v) is 5.77. The first kappa shape index (κ1) is 17.6. The minimum Gasteiger partial charge on any atom is -0.340 e. The first-order valence-electron chi connectivity index (χ1n) is 9.86. The molecule has 7 heteroatoms. The summed E-state index contributed by atoms with van der Waals surface area (Å²) < 4.78 is 0. The van der Waals surface area contributed by atoms with Crippen molar-refractivity contribution < 1.29 is 4.79 Å². The number of fused-ring (bicyclic) bond motifs is 2. The third-order valence-electron chi connectivity index (χ3n) is 5.77. The van der Waals surface area contributed by atoms with Crippen LogP contribution in [0.25, 0.3) is 21.8 Å². The first-order chi connectivity index (χ1) is 14.1. The topological polar surface area (TPSA) is 94.7 Å². The molecule has 5 rings (SSSR count). The number of amides is 1. The fourth-order valence-electron chi connectivity index (χ4n) is 4.28. The second-order valence-electron chi connectivity index (χ2n) is 7.53. The highest BCUT2D eigenvalue weighted by Crippen LogP contribution is 2.34. The molecule has 0 spiro atoms. The number of benzene rings is 2. The Labute approximate surface area is 166 Å². The molecular weight excluding hydrogens is 366 g/mol. The fourth-order valence-corrected chi connectivity index (χ4v) is 4.28. The highest BCUT2D eigenvalue weighted by Gasteiger charge is 2.35. The average molecular weight is 387 g/mol. The van der Waals surface area contributed by atoms with Gasteiger partial charge in [-0.15, -0.1) is 0 Å². The molecule has 1 saturated heterocycles. The largest absolute Gasteiger partial charge is 0.340 e. The zero-order valence-corrected chi connectivity index (χ0v) is 16.1. The minimum absolute atomic E-state index is 0.00217. The summed E-state index contributed by atoms with van der Waals surface area (Å²) in [7, 11) is 0. The maximum atomic E-state index is 13.4. The molecule has 1 fully saturated rings. The van der Waals surface area contributed by atoms with Crippen LogP contribution in [0.4, 0.5) is 0 Å². The maximum Gasteiger partial charge on any atom is 0.272 e. The van der Waals surface area contributed by atoms with Gasteiger partial charge in [0, 0.05) is 11.9 Å². The number of likely N-dealkylation sites (tertiary alicyclic amines) is 1. The van der Waals surface area contributed by atoms with E-state index < -0.39 is 5.92 Å². The number of imidazole rings is 1. The molecule has 1 aliphatic heterocycles. The van der Waals surface area contributed by atoms with E-state index in [0.29, 0.717) is 17.6 Å². The standard InChI is InChI=1S/C22H21N5O2/c1-13(19-14-7-2-3-8-15(14)21(28)26-25-19)22(29)27-12-6-11-18(27)20-23-16-9-4-5-10-17(16)24-20/h2-5,7-10,13,18H,6,11-12H2,1H3,(H,23,24)(H,26,28)/t13-,18+/m0/s1. The Morgan fingerprint density at radius 3 is 2.72 bits per heavy atom. The molecule has 146 valence electrons. The summed E-state index contributed by atoms with van der Waals surface area (Å²) >= 11 is 0. The molecule has 0 aliphatic carbocycles. The Hall–Kier alpha value is -3.48. The fraction of sp³-hybridized carbons (Fsp3) is 0.273. The summed E-state index contributed by atoms with van der Waals surface area (Å²) in [6.07, 6.45) is 1.80. The highest BCUT2D eigenvalue weighted by molar-refractivity contribution is 5.91. The lowest BCUT2D eigenvalue weighted by atomic mass is 10.00. The number of nitrogens with one attached hydrogen (secondary N) is 2. The lowest BCUT2D eigenvalue weighted by Gasteiger charge is -2.26. The van der Waals surface area contributed by atoms with E-state index >= 15 is 0 Å². The number of hydrogen-bond donors (Lipinski definition) is 2. The van der Waals surface area contributed by atoms with Gasteiger partial charge in [-0.3, -0.25) is 9.59 Å². The molecule has 2 aromatic carbocycles. The lowest BCUT2D eigenvalue weighted by molar-refractivity contribution is -0.133. The van der Waals surface area contributed by atoms with Crippen molar-refractivity contribution in [2.24, 2.45) is 0 Å². The van der Waals surface area contributed by atoms with Crippen LogP contribution < -0.4 is 5.56 Å². The zero-order chi connectivity index (χ0) is 20.0. The van der Waals surface area contributed by atoms with Gasteiger partial charge in [-0.25, -0.2) is 10.1 Å². The van der Waals surface area contributed by atoms with E-state index in [0.717, 1.165) is 35.1 Å². The van der Waals surface area contributed by atoms with Gasteiger partial charge in [-0.2, -0.15) is 5.10 Å². The van der Waals surface area contributed by atoms with Crippen LogP contribution in [-0.2, 0) is 4.79 Å². The molecule has 2 N–H and O–H groups in total. The van der Waals surface area contributed by atoms with Gasteiger partial charge in [-0.05, 0) is 38.0 Å². The van der Waals surface area contributed by atoms with Crippen LogP contribution in [0.2, 0.25) is 0 Å². The summed E-state index contributed by atoms with van der Waals surface area (Å²) in [5, 5.41) is 8.03. The molecule has 2 aromatic heterocycles. The zero-order valence-electron chi connectivity index (χ0n) is 16.1. The number of aromatic amines is 2. The van der Waals surface area contributed by atoms with Crippen molar-refractivity contribution in [3.63, 3.8) is 0 Å². The molecule has 3 heterocycles. The van der Waals surface area contributed by atoms with E-state index in [-0.39, 0.29) is 17.5 Å². The van der Waals surface area contributed by atoms with Crippen molar-refractivity contribution in [2.75, 3.05) is 6.54 Å². The monoisotopic (exact) mass is 387 g/mol. The second kappa shape index (κ2) is 6.84. The van der Waals surface area contributed by atoms with Crippen molar-refractivity contribution in [1.29, 1.82) is 0 Å². The predicted octanol–water partition coefficient (Wildman–Crippen LogP) is 3.27. The van der Waals surface area contributed by atoms with E-state index in [9.17, 15) is 9.59 Å². The molecule has 1 aliphatic rings.